The summed E-state index contributed by atoms with van der Waals surface area (Å²) >= 11 is 0. The van der Waals surface area contributed by atoms with Crippen LogP contribution in [-0.4, -0.2) is 30.1 Å². The van der Waals surface area contributed by atoms with Crippen LogP contribution in [-0.2, 0) is 6.54 Å². The third-order valence-electron chi connectivity index (χ3n) is 5.42. The Morgan fingerprint density at radius 2 is 1.95 bits per heavy atom. The van der Waals surface area contributed by atoms with Crippen molar-refractivity contribution < 1.29 is 0 Å². The number of hydrogen-bond donors (Lipinski definition) is 1. The van der Waals surface area contributed by atoms with E-state index in [-0.39, 0.29) is 0 Å². The molecule has 4 rings (SSSR count). The lowest BCUT2D eigenvalue weighted by molar-refractivity contribution is 0.206. The molecule has 2 saturated heterocycles. The minimum atomic E-state index is 0.755. The van der Waals surface area contributed by atoms with E-state index in [0.29, 0.717) is 0 Å². The molecular formula is C18H26N2. The van der Waals surface area contributed by atoms with Crippen LogP contribution in [0.3, 0.4) is 0 Å². The summed E-state index contributed by atoms with van der Waals surface area (Å²) < 4.78 is 0. The van der Waals surface area contributed by atoms with E-state index in [1.54, 1.807) is 11.1 Å². The largest absolute Gasteiger partial charge is 0.312 e. The van der Waals surface area contributed by atoms with Gasteiger partial charge in [0.25, 0.3) is 0 Å². The molecule has 0 radical (unpaired) electrons. The smallest absolute Gasteiger partial charge is 0.0253 e. The van der Waals surface area contributed by atoms with Crippen molar-refractivity contribution in [3.8, 4) is 0 Å². The van der Waals surface area contributed by atoms with Gasteiger partial charge in [0.1, 0.15) is 0 Å². The van der Waals surface area contributed by atoms with Gasteiger partial charge in [-0.25, -0.2) is 0 Å². The minimum Gasteiger partial charge on any atom is -0.312 e. The highest BCUT2D eigenvalue weighted by Gasteiger charge is 2.34. The maximum absolute atomic E-state index is 3.72. The summed E-state index contributed by atoms with van der Waals surface area (Å²) in [5, 5.41) is 3.72. The molecule has 1 saturated carbocycles. The van der Waals surface area contributed by atoms with Crippen LogP contribution in [0.2, 0.25) is 0 Å². The highest BCUT2D eigenvalue weighted by atomic mass is 15.2. The van der Waals surface area contributed by atoms with Gasteiger partial charge in [-0.15, -0.1) is 0 Å². The number of hydrogen-bond acceptors (Lipinski definition) is 2. The highest BCUT2D eigenvalue weighted by molar-refractivity contribution is 5.33. The highest BCUT2D eigenvalue weighted by Crippen LogP contribution is 2.42. The lowest BCUT2D eigenvalue weighted by Crippen LogP contribution is -2.43. The second kappa shape index (κ2) is 5.50. The third kappa shape index (κ3) is 2.51. The minimum absolute atomic E-state index is 0.755. The lowest BCUT2D eigenvalue weighted by Gasteiger charge is -2.30. The fraction of sp³-hybridized carbons (Fsp3) is 0.667. The van der Waals surface area contributed by atoms with E-state index >= 15 is 0 Å². The average molecular weight is 270 g/mol. The number of nitrogens with one attached hydrogen (secondary N) is 1. The van der Waals surface area contributed by atoms with Gasteiger partial charge < -0.3 is 5.32 Å². The van der Waals surface area contributed by atoms with Crippen LogP contribution in [0.5, 0.6) is 0 Å². The van der Waals surface area contributed by atoms with E-state index in [1.807, 2.05) is 0 Å². The van der Waals surface area contributed by atoms with E-state index in [2.05, 4.69) is 34.5 Å². The van der Waals surface area contributed by atoms with Gasteiger partial charge in [-0.2, -0.15) is 0 Å². The van der Waals surface area contributed by atoms with Crippen molar-refractivity contribution in [2.24, 2.45) is 0 Å². The van der Waals surface area contributed by atoms with Gasteiger partial charge in [-0.05, 0) is 68.7 Å². The van der Waals surface area contributed by atoms with Crippen LogP contribution >= 0.6 is 0 Å². The fourth-order valence-electron chi connectivity index (χ4n) is 4.23. The maximum Gasteiger partial charge on any atom is 0.0253 e. The summed E-state index contributed by atoms with van der Waals surface area (Å²) in [6.07, 6.45) is 8.34. The molecule has 2 heteroatoms. The zero-order chi connectivity index (χ0) is 13.4. The summed E-state index contributed by atoms with van der Waals surface area (Å²) in [5.74, 6) is 0.872. The molecule has 0 amide bonds. The first-order valence-corrected chi connectivity index (χ1v) is 8.47. The molecule has 1 aromatic rings. The molecule has 2 aliphatic heterocycles. The van der Waals surface area contributed by atoms with Crippen molar-refractivity contribution in [2.75, 3.05) is 13.1 Å². The second-order valence-corrected chi connectivity index (χ2v) is 6.86. The Morgan fingerprint density at radius 1 is 1.05 bits per heavy atom. The van der Waals surface area contributed by atoms with Gasteiger partial charge in [0, 0.05) is 18.6 Å². The van der Waals surface area contributed by atoms with E-state index in [1.165, 1.54) is 58.2 Å². The number of likely N-dealkylation sites (tertiary alicyclic amines) is 1. The molecule has 3 aliphatic rings. The van der Waals surface area contributed by atoms with Gasteiger partial charge in [0.2, 0.25) is 0 Å². The Labute approximate surface area is 122 Å². The van der Waals surface area contributed by atoms with Crippen molar-refractivity contribution >= 4 is 0 Å². The standard InChI is InChI=1S/C18H26N2/c1-2-6-16(14-9-10-14)15(5-1)13-20-12-4-8-18(20)17-7-3-11-19-17/h1-2,5-6,14,17-19H,3-4,7-13H2. The molecule has 1 aliphatic carbocycles. The Hall–Kier alpha value is -0.860. The molecule has 2 heterocycles. The third-order valence-corrected chi connectivity index (χ3v) is 5.42. The monoisotopic (exact) mass is 270 g/mol. The maximum atomic E-state index is 3.72. The second-order valence-electron chi connectivity index (χ2n) is 6.86. The van der Waals surface area contributed by atoms with E-state index < -0.39 is 0 Å². The van der Waals surface area contributed by atoms with Crippen LogP contribution < -0.4 is 5.32 Å². The number of nitrogens with zero attached hydrogens (tertiary/aromatic N) is 1. The molecule has 108 valence electrons. The van der Waals surface area contributed by atoms with Gasteiger partial charge in [-0.3, -0.25) is 4.90 Å². The van der Waals surface area contributed by atoms with Crippen LogP contribution in [0.1, 0.15) is 55.6 Å². The Kier molecular flexibility index (Phi) is 3.53. The van der Waals surface area contributed by atoms with Crippen molar-refractivity contribution in [1.82, 2.24) is 10.2 Å². The van der Waals surface area contributed by atoms with Gasteiger partial charge in [0.05, 0.1) is 0 Å². The van der Waals surface area contributed by atoms with Crippen molar-refractivity contribution in [2.45, 2.75) is 63.1 Å². The fourth-order valence-corrected chi connectivity index (χ4v) is 4.23. The van der Waals surface area contributed by atoms with Crippen LogP contribution in [0.4, 0.5) is 0 Å². The molecule has 0 bridgehead atoms. The molecule has 2 nitrogen and oxygen atoms in total. The molecule has 1 aromatic carbocycles. The van der Waals surface area contributed by atoms with E-state index in [9.17, 15) is 0 Å². The molecule has 3 fully saturated rings. The Morgan fingerprint density at radius 3 is 2.75 bits per heavy atom. The SMILES string of the molecule is c1ccc(C2CC2)c(CN2CCCC2C2CCCN2)c1. The quantitative estimate of drug-likeness (QED) is 0.903. The van der Waals surface area contributed by atoms with Gasteiger partial charge in [0.15, 0.2) is 0 Å². The topological polar surface area (TPSA) is 15.3 Å². The number of benzene rings is 1. The van der Waals surface area contributed by atoms with Crippen molar-refractivity contribution in [3.05, 3.63) is 35.4 Å². The zero-order valence-corrected chi connectivity index (χ0v) is 12.4. The molecule has 2 atom stereocenters. The number of rotatable bonds is 4. The molecule has 2 unspecified atom stereocenters. The zero-order valence-electron chi connectivity index (χ0n) is 12.4. The molecular weight excluding hydrogens is 244 g/mol. The predicted octanol–water partition coefficient (Wildman–Crippen LogP) is 3.28. The van der Waals surface area contributed by atoms with Crippen LogP contribution in [0, 0.1) is 0 Å². The summed E-state index contributed by atoms with van der Waals surface area (Å²) in [6.45, 7) is 3.70. The van der Waals surface area contributed by atoms with Crippen LogP contribution in [0.25, 0.3) is 0 Å². The van der Waals surface area contributed by atoms with Crippen LogP contribution in [0.15, 0.2) is 24.3 Å². The first-order valence-electron chi connectivity index (χ1n) is 8.47. The summed E-state index contributed by atoms with van der Waals surface area (Å²) in [6, 6.07) is 10.7. The molecule has 20 heavy (non-hydrogen) atoms. The first kappa shape index (κ1) is 12.8. The molecule has 0 aromatic heterocycles. The van der Waals surface area contributed by atoms with Gasteiger partial charge in [-0.1, -0.05) is 24.3 Å². The lowest BCUT2D eigenvalue weighted by atomic mass is 10.0. The predicted molar refractivity (Wildman–Crippen MR) is 82.9 cm³/mol. The average Bonchev–Trinajstić information content (AvgIpc) is 2.98. The summed E-state index contributed by atoms with van der Waals surface area (Å²) in [7, 11) is 0. The molecule has 0 spiro atoms. The first-order chi connectivity index (χ1) is 9.92. The van der Waals surface area contributed by atoms with Gasteiger partial charge >= 0.3 is 0 Å². The van der Waals surface area contributed by atoms with Crippen molar-refractivity contribution in [1.29, 1.82) is 0 Å². The Balaban J connectivity index is 1.50. The Bertz CT molecular complexity index is 460. The van der Waals surface area contributed by atoms with E-state index in [4.69, 9.17) is 0 Å². The summed E-state index contributed by atoms with van der Waals surface area (Å²) in [4.78, 5) is 2.75. The van der Waals surface area contributed by atoms with Crippen molar-refractivity contribution in [3.63, 3.8) is 0 Å². The van der Waals surface area contributed by atoms with E-state index in [0.717, 1.165) is 18.0 Å². The molecule has 1 N–H and O–H groups in total. The normalized spacial score (nSPS) is 31.0. The summed E-state index contributed by atoms with van der Waals surface area (Å²) in [5.41, 5.74) is 3.23.